The van der Waals surface area contributed by atoms with Crippen molar-refractivity contribution in [3.63, 3.8) is 0 Å². The van der Waals surface area contributed by atoms with Gasteiger partial charge in [0.2, 0.25) is 5.95 Å². The first-order chi connectivity index (χ1) is 8.04. The molecular weight excluding hydrogens is 304 g/mol. The Morgan fingerprint density at radius 1 is 1.29 bits per heavy atom. The molecule has 0 bridgehead atoms. The van der Waals surface area contributed by atoms with Crippen LogP contribution in [0.5, 0.6) is 0 Å². The van der Waals surface area contributed by atoms with Gasteiger partial charge in [-0.2, -0.15) is 4.98 Å². The van der Waals surface area contributed by atoms with Crippen LogP contribution < -0.4 is 11.1 Å². The van der Waals surface area contributed by atoms with Crippen LogP contribution in [0.3, 0.4) is 0 Å². The second-order valence-electron chi connectivity index (χ2n) is 3.53. The highest BCUT2D eigenvalue weighted by Gasteiger charge is 2.03. The highest BCUT2D eigenvalue weighted by atomic mass is 79.9. The van der Waals surface area contributed by atoms with Gasteiger partial charge in [0.1, 0.15) is 10.4 Å². The maximum absolute atomic E-state index is 6.03. The van der Waals surface area contributed by atoms with Crippen molar-refractivity contribution in [2.75, 3.05) is 11.1 Å². The Bertz CT molecular complexity index is 539. The quantitative estimate of drug-likeness (QED) is 0.833. The molecule has 0 amide bonds. The summed E-state index contributed by atoms with van der Waals surface area (Å²) in [5.41, 5.74) is 7.46. The van der Waals surface area contributed by atoms with E-state index in [4.69, 9.17) is 17.3 Å². The number of nitrogen functional groups attached to an aromatic ring is 1. The minimum Gasteiger partial charge on any atom is -0.383 e. The van der Waals surface area contributed by atoms with Crippen LogP contribution in [0.15, 0.2) is 28.9 Å². The van der Waals surface area contributed by atoms with Crippen LogP contribution in [0.1, 0.15) is 5.56 Å². The first-order valence-electron chi connectivity index (χ1n) is 4.88. The van der Waals surface area contributed by atoms with Crippen LogP contribution in [-0.2, 0) is 0 Å². The lowest BCUT2D eigenvalue weighted by molar-refractivity contribution is 1.15. The van der Waals surface area contributed by atoms with Gasteiger partial charge in [0.25, 0.3) is 0 Å². The van der Waals surface area contributed by atoms with E-state index in [1.807, 2.05) is 25.1 Å². The molecule has 3 N–H and O–H groups in total. The number of hydrogen-bond donors (Lipinski definition) is 2. The lowest BCUT2D eigenvalue weighted by atomic mass is 10.2. The molecule has 0 aliphatic heterocycles. The van der Waals surface area contributed by atoms with Crippen LogP contribution >= 0.6 is 27.5 Å². The number of anilines is 3. The number of nitrogens with two attached hydrogens (primary N) is 1. The molecule has 4 nitrogen and oxygen atoms in total. The molecule has 88 valence electrons. The van der Waals surface area contributed by atoms with Gasteiger partial charge in [0, 0.05) is 16.8 Å². The summed E-state index contributed by atoms with van der Waals surface area (Å²) in [5, 5.41) is 3.73. The zero-order valence-corrected chi connectivity index (χ0v) is 11.4. The van der Waals surface area contributed by atoms with Crippen LogP contribution in [-0.4, -0.2) is 9.97 Å². The van der Waals surface area contributed by atoms with Gasteiger partial charge in [-0.25, -0.2) is 4.98 Å². The summed E-state index contributed by atoms with van der Waals surface area (Å²) in [5.74, 6) is 0.823. The Hall–Kier alpha value is -1.33. The summed E-state index contributed by atoms with van der Waals surface area (Å²) in [6.07, 6.45) is 0. The summed E-state index contributed by atoms with van der Waals surface area (Å²) in [6.45, 7) is 1.94. The molecule has 0 atom stereocenters. The summed E-state index contributed by atoms with van der Waals surface area (Å²) in [6, 6.07) is 7.28. The van der Waals surface area contributed by atoms with Crippen molar-refractivity contribution in [3.8, 4) is 0 Å². The van der Waals surface area contributed by atoms with Crippen molar-refractivity contribution in [3.05, 3.63) is 39.5 Å². The van der Waals surface area contributed by atoms with E-state index in [0.29, 0.717) is 21.4 Å². The monoisotopic (exact) mass is 312 g/mol. The molecule has 2 rings (SSSR count). The predicted octanol–water partition coefficient (Wildman–Crippen LogP) is 3.53. The van der Waals surface area contributed by atoms with Gasteiger partial charge in [-0.15, -0.1) is 0 Å². The standard InChI is InChI=1S/C11H10BrClN4/c1-6-2-3-7(4-8(6)13)15-11-16-9(12)5-10(14)17-11/h2-5H,1H3,(H3,14,15,16,17). The summed E-state index contributed by atoms with van der Waals surface area (Å²) < 4.78 is 0.630. The Morgan fingerprint density at radius 2 is 2.06 bits per heavy atom. The van der Waals surface area contributed by atoms with E-state index >= 15 is 0 Å². The third kappa shape index (κ3) is 3.08. The van der Waals surface area contributed by atoms with Gasteiger partial charge in [-0.3, -0.25) is 0 Å². The first kappa shape index (κ1) is 12.1. The van der Waals surface area contributed by atoms with Gasteiger partial charge in [0.15, 0.2) is 0 Å². The average Bonchev–Trinajstić information content (AvgIpc) is 2.22. The molecule has 1 aromatic heterocycles. The molecule has 1 heterocycles. The number of aryl methyl sites for hydroxylation is 1. The number of nitrogens with one attached hydrogen (secondary N) is 1. The zero-order chi connectivity index (χ0) is 12.4. The maximum Gasteiger partial charge on any atom is 0.230 e. The second kappa shape index (κ2) is 4.89. The van der Waals surface area contributed by atoms with Gasteiger partial charge < -0.3 is 11.1 Å². The lowest BCUT2D eigenvalue weighted by Crippen LogP contribution is -2.00. The van der Waals surface area contributed by atoms with E-state index in [1.54, 1.807) is 6.07 Å². The smallest absolute Gasteiger partial charge is 0.230 e. The zero-order valence-electron chi connectivity index (χ0n) is 9.04. The fourth-order valence-electron chi connectivity index (χ4n) is 1.29. The van der Waals surface area contributed by atoms with Crippen molar-refractivity contribution in [1.29, 1.82) is 0 Å². The molecule has 0 saturated heterocycles. The predicted molar refractivity (Wildman–Crippen MR) is 73.6 cm³/mol. The Balaban J connectivity index is 2.28. The van der Waals surface area contributed by atoms with Crippen molar-refractivity contribution in [2.24, 2.45) is 0 Å². The fourth-order valence-corrected chi connectivity index (χ4v) is 1.87. The van der Waals surface area contributed by atoms with Gasteiger partial charge in [-0.1, -0.05) is 17.7 Å². The molecule has 17 heavy (non-hydrogen) atoms. The molecule has 2 aromatic rings. The minimum atomic E-state index is 0.396. The molecule has 0 spiro atoms. The molecular formula is C11H10BrClN4. The molecule has 0 radical (unpaired) electrons. The van der Waals surface area contributed by atoms with Gasteiger partial charge >= 0.3 is 0 Å². The molecule has 1 aromatic carbocycles. The third-order valence-electron chi connectivity index (χ3n) is 2.14. The van der Waals surface area contributed by atoms with Crippen LogP contribution in [0.2, 0.25) is 5.02 Å². The number of nitrogens with zero attached hydrogens (tertiary/aromatic N) is 2. The van der Waals surface area contributed by atoms with E-state index in [-0.39, 0.29) is 0 Å². The molecule has 6 heteroatoms. The van der Waals surface area contributed by atoms with E-state index in [1.165, 1.54) is 0 Å². The minimum absolute atomic E-state index is 0.396. The van der Waals surface area contributed by atoms with Crippen molar-refractivity contribution in [2.45, 2.75) is 6.92 Å². The van der Waals surface area contributed by atoms with Crippen molar-refractivity contribution >= 4 is 45.0 Å². The highest BCUT2D eigenvalue weighted by Crippen LogP contribution is 2.22. The van der Waals surface area contributed by atoms with Crippen molar-refractivity contribution < 1.29 is 0 Å². The number of hydrogen-bond acceptors (Lipinski definition) is 4. The first-order valence-corrected chi connectivity index (χ1v) is 6.05. The summed E-state index contributed by atoms with van der Waals surface area (Å²) in [7, 11) is 0. The SMILES string of the molecule is Cc1ccc(Nc2nc(N)cc(Br)n2)cc1Cl. The van der Waals surface area contributed by atoms with E-state index in [2.05, 4.69) is 31.2 Å². The van der Waals surface area contributed by atoms with Gasteiger partial charge in [-0.05, 0) is 40.5 Å². The number of halogens is 2. The lowest BCUT2D eigenvalue weighted by Gasteiger charge is -2.07. The van der Waals surface area contributed by atoms with E-state index < -0.39 is 0 Å². The van der Waals surface area contributed by atoms with Crippen molar-refractivity contribution in [1.82, 2.24) is 9.97 Å². The number of rotatable bonds is 2. The summed E-state index contributed by atoms with van der Waals surface area (Å²) >= 11 is 9.28. The largest absolute Gasteiger partial charge is 0.383 e. The Morgan fingerprint density at radius 3 is 2.71 bits per heavy atom. The normalized spacial score (nSPS) is 10.3. The summed E-state index contributed by atoms with van der Waals surface area (Å²) in [4.78, 5) is 8.22. The van der Waals surface area contributed by atoms with Crippen LogP contribution in [0.25, 0.3) is 0 Å². The second-order valence-corrected chi connectivity index (χ2v) is 4.75. The maximum atomic E-state index is 6.03. The molecule has 0 unspecified atom stereocenters. The topological polar surface area (TPSA) is 63.8 Å². The number of benzene rings is 1. The van der Waals surface area contributed by atoms with E-state index in [0.717, 1.165) is 11.3 Å². The average molecular weight is 314 g/mol. The number of aromatic nitrogens is 2. The Kier molecular flexibility index (Phi) is 3.49. The molecule has 0 saturated carbocycles. The van der Waals surface area contributed by atoms with Crippen LogP contribution in [0, 0.1) is 6.92 Å². The van der Waals surface area contributed by atoms with Gasteiger partial charge in [0.05, 0.1) is 0 Å². The molecule has 0 aliphatic carbocycles. The fraction of sp³-hybridized carbons (Fsp3) is 0.0909. The Labute approximate surface area is 112 Å². The van der Waals surface area contributed by atoms with E-state index in [9.17, 15) is 0 Å². The molecule has 0 fully saturated rings. The third-order valence-corrected chi connectivity index (χ3v) is 2.96. The molecule has 0 aliphatic rings. The van der Waals surface area contributed by atoms with Crippen LogP contribution in [0.4, 0.5) is 17.5 Å². The highest BCUT2D eigenvalue weighted by molar-refractivity contribution is 9.10.